The van der Waals surface area contributed by atoms with E-state index in [0.29, 0.717) is 6.04 Å². The highest BCUT2D eigenvalue weighted by Crippen LogP contribution is 2.00. The number of nitrogens with zero attached hydrogens (tertiary/aromatic N) is 1. The zero-order valence-electron chi connectivity index (χ0n) is 9.63. The van der Waals surface area contributed by atoms with Gasteiger partial charge >= 0.3 is 0 Å². The zero-order chi connectivity index (χ0) is 10.3. The molecule has 80 valence electrons. The molecular weight excluding hydrogens is 164 g/mol. The molecule has 2 unspecified atom stereocenters. The van der Waals surface area contributed by atoms with Crippen LogP contribution < -0.4 is 5.32 Å². The van der Waals surface area contributed by atoms with Crippen LogP contribution in [0.3, 0.4) is 0 Å². The number of nitrogens with one attached hydrogen (secondary N) is 1. The largest absolute Gasteiger partial charge is 0.365 e. The lowest BCUT2D eigenvalue weighted by Gasteiger charge is -2.28. The number of methoxy groups -OCH3 is 1. The van der Waals surface area contributed by atoms with Gasteiger partial charge in [-0.15, -0.1) is 0 Å². The molecule has 0 fully saturated rings. The first-order valence-corrected chi connectivity index (χ1v) is 5.06. The van der Waals surface area contributed by atoms with Crippen molar-refractivity contribution in [3.8, 4) is 0 Å². The lowest BCUT2D eigenvalue weighted by Crippen LogP contribution is -2.47. The molecular formula is C10H24N2O. The minimum Gasteiger partial charge on any atom is -0.365 e. The molecule has 1 N–H and O–H groups in total. The Kier molecular flexibility index (Phi) is 7.23. The summed E-state index contributed by atoms with van der Waals surface area (Å²) in [4.78, 5) is 2.16. The molecule has 3 heteroatoms. The Morgan fingerprint density at radius 3 is 2.38 bits per heavy atom. The van der Waals surface area contributed by atoms with Gasteiger partial charge < -0.3 is 9.64 Å². The van der Waals surface area contributed by atoms with Crippen molar-refractivity contribution in [2.45, 2.75) is 39.0 Å². The first-order chi connectivity index (χ1) is 6.13. The molecule has 3 nitrogen and oxygen atoms in total. The first-order valence-electron chi connectivity index (χ1n) is 5.06. The summed E-state index contributed by atoms with van der Waals surface area (Å²) in [5.41, 5.74) is 0. The summed E-state index contributed by atoms with van der Waals surface area (Å²) in [6.07, 6.45) is 2.57. The van der Waals surface area contributed by atoms with Crippen LogP contribution in [0.25, 0.3) is 0 Å². The van der Waals surface area contributed by atoms with Crippen molar-refractivity contribution in [3.63, 3.8) is 0 Å². The Balaban J connectivity index is 3.73. The SMILES string of the molecule is CCCCNC(OC)C(C)N(C)C. The molecule has 0 aromatic heterocycles. The van der Waals surface area contributed by atoms with Gasteiger partial charge in [0, 0.05) is 13.2 Å². The summed E-state index contributed by atoms with van der Waals surface area (Å²) < 4.78 is 5.37. The highest BCUT2D eigenvalue weighted by Gasteiger charge is 2.16. The van der Waals surface area contributed by atoms with E-state index < -0.39 is 0 Å². The van der Waals surface area contributed by atoms with Crippen LogP contribution in [0.4, 0.5) is 0 Å². The van der Waals surface area contributed by atoms with E-state index in [0.717, 1.165) is 6.54 Å². The fourth-order valence-electron chi connectivity index (χ4n) is 1.14. The number of likely N-dealkylation sites (N-methyl/N-ethyl adjacent to an activating group) is 1. The quantitative estimate of drug-likeness (QED) is 0.481. The second-order valence-corrected chi connectivity index (χ2v) is 3.67. The molecule has 0 saturated heterocycles. The van der Waals surface area contributed by atoms with Gasteiger partial charge in [0.1, 0.15) is 6.23 Å². The maximum Gasteiger partial charge on any atom is 0.123 e. The molecule has 0 aromatic rings. The van der Waals surface area contributed by atoms with E-state index in [1.807, 2.05) is 0 Å². The molecule has 2 atom stereocenters. The van der Waals surface area contributed by atoms with Gasteiger partial charge in [-0.2, -0.15) is 0 Å². The third kappa shape index (κ3) is 5.24. The maximum absolute atomic E-state index is 5.37. The second kappa shape index (κ2) is 7.30. The average molecular weight is 188 g/mol. The van der Waals surface area contributed by atoms with Crippen LogP contribution in [-0.2, 0) is 4.74 Å². The first kappa shape index (κ1) is 12.9. The minimum absolute atomic E-state index is 0.140. The number of ether oxygens (including phenoxy) is 1. The van der Waals surface area contributed by atoms with E-state index in [-0.39, 0.29) is 6.23 Å². The Morgan fingerprint density at radius 1 is 1.38 bits per heavy atom. The van der Waals surface area contributed by atoms with E-state index in [2.05, 4.69) is 38.2 Å². The van der Waals surface area contributed by atoms with Gasteiger partial charge in [0.05, 0.1) is 0 Å². The number of hydrogen-bond donors (Lipinski definition) is 1. The van der Waals surface area contributed by atoms with E-state index in [4.69, 9.17) is 4.74 Å². The Bertz CT molecular complexity index is 117. The highest BCUT2D eigenvalue weighted by molar-refractivity contribution is 4.69. The third-order valence-electron chi connectivity index (χ3n) is 2.38. The topological polar surface area (TPSA) is 24.5 Å². The van der Waals surface area contributed by atoms with Crippen LogP contribution in [0.15, 0.2) is 0 Å². The molecule has 0 saturated carbocycles. The van der Waals surface area contributed by atoms with Crippen molar-refractivity contribution in [1.82, 2.24) is 10.2 Å². The van der Waals surface area contributed by atoms with E-state index in [1.165, 1.54) is 12.8 Å². The standard InChI is InChI=1S/C10H24N2O/c1-6-7-8-11-10(13-5)9(2)12(3)4/h9-11H,6-8H2,1-5H3. The van der Waals surface area contributed by atoms with Gasteiger partial charge in [-0.25, -0.2) is 0 Å². The molecule has 0 heterocycles. The van der Waals surface area contributed by atoms with Crippen molar-refractivity contribution >= 4 is 0 Å². The Hall–Kier alpha value is -0.120. The molecule has 0 radical (unpaired) electrons. The zero-order valence-corrected chi connectivity index (χ0v) is 9.63. The number of unbranched alkanes of at least 4 members (excludes halogenated alkanes) is 1. The summed E-state index contributed by atoms with van der Waals surface area (Å²) in [5, 5.41) is 3.39. The van der Waals surface area contributed by atoms with Crippen LogP contribution in [-0.4, -0.2) is 44.9 Å². The van der Waals surface area contributed by atoms with Crippen LogP contribution in [0.5, 0.6) is 0 Å². The van der Waals surface area contributed by atoms with E-state index >= 15 is 0 Å². The Labute approximate surface area is 82.4 Å². The van der Waals surface area contributed by atoms with Crippen molar-refractivity contribution in [1.29, 1.82) is 0 Å². The summed E-state index contributed by atoms with van der Waals surface area (Å²) in [7, 11) is 5.89. The molecule has 13 heavy (non-hydrogen) atoms. The van der Waals surface area contributed by atoms with Gasteiger partial charge in [0.2, 0.25) is 0 Å². The van der Waals surface area contributed by atoms with Crippen LogP contribution in [0.1, 0.15) is 26.7 Å². The predicted octanol–water partition coefficient (Wildman–Crippen LogP) is 1.30. The monoisotopic (exact) mass is 188 g/mol. The molecule has 0 bridgehead atoms. The molecule has 0 spiro atoms. The summed E-state index contributed by atoms with van der Waals surface area (Å²) >= 11 is 0. The molecule has 0 rings (SSSR count). The van der Waals surface area contributed by atoms with Crippen LogP contribution >= 0.6 is 0 Å². The lowest BCUT2D eigenvalue weighted by molar-refractivity contribution is 0.0156. The van der Waals surface area contributed by atoms with Gasteiger partial charge in [-0.05, 0) is 34.0 Å². The van der Waals surface area contributed by atoms with Crippen molar-refractivity contribution in [3.05, 3.63) is 0 Å². The van der Waals surface area contributed by atoms with Crippen molar-refractivity contribution in [2.24, 2.45) is 0 Å². The van der Waals surface area contributed by atoms with Gasteiger partial charge in [-0.1, -0.05) is 13.3 Å². The minimum atomic E-state index is 0.140. The predicted molar refractivity (Wildman–Crippen MR) is 56.9 cm³/mol. The van der Waals surface area contributed by atoms with Gasteiger partial charge in [-0.3, -0.25) is 5.32 Å². The molecule has 0 amide bonds. The van der Waals surface area contributed by atoms with Crippen LogP contribution in [0, 0.1) is 0 Å². The normalized spacial score (nSPS) is 16.2. The van der Waals surface area contributed by atoms with E-state index in [1.54, 1.807) is 7.11 Å². The highest BCUT2D eigenvalue weighted by atomic mass is 16.5. The van der Waals surface area contributed by atoms with Gasteiger partial charge in [0.25, 0.3) is 0 Å². The Morgan fingerprint density at radius 2 is 2.00 bits per heavy atom. The van der Waals surface area contributed by atoms with E-state index in [9.17, 15) is 0 Å². The third-order valence-corrected chi connectivity index (χ3v) is 2.38. The fraction of sp³-hybridized carbons (Fsp3) is 1.00. The molecule has 0 aromatic carbocycles. The van der Waals surface area contributed by atoms with Crippen molar-refractivity contribution < 1.29 is 4.74 Å². The summed E-state index contributed by atoms with van der Waals surface area (Å²) in [6, 6.07) is 0.404. The molecule has 0 aliphatic heterocycles. The van der Waals surface area contributed by atoms with Gasteiger partial charge in [0.15, 0.2) is 0 Å². The second-order valence-electron chi connectivity index (χ2n) is 3.67. The van der Waals surface area contributed by atoms with Crippen LogP contribution in [0.2, 0.25) is 0 Å². The molecule has 0 aliphatic carbocycles. The molecule has 0 aliphatic rings. The van der Waals surface area contributed by atoms with Crippen molar-refractivity contribution in [2.75, 3.05) is 27.7 Å². The number of hydrogen-bond acceptors (Lipinski definition) is 3. The number of rotatable bonds is 7. The summed E-state index contributed by atoms with van der Waals surface area (Å²) in [5.74, 6) is 0. The smallest absolute Gasteiger partial charge is 0.123 e. The average Bonchev–Trinajstić information content (AvgIpc) is 2.11. The lowest BCUT2D eigenvalue weighted by atomic mass is 10.2. The fourth-order valence-corrected chi connectivity index (χ4v) is 1.14. The maximum atomic E-state index is 5.37. The summed E-state index contributed by atoms with van der Waals surface area (Å²) in [6.45, 7) is 5.39.